The zero-order chi connectivity index (χ0) is 17.9. The van der Waals surface area contributed by atoms with Crippen molar-refractivity contribution < 1.29 is 9.53 Å². The highest BCUT2D eigenvalue weighted by Gasteiger charge is 2.14. The lowest BCUT2D eigenvalue weighted by atomic mass is 10.2. The Hall–Kier alpha value is -1.78. The van der Waals surface area contributed by atoms with Crippen molar-refractivity contribution in [1.82, 2.24) is 4.98 Å². The standard InChI is InChI=1S/C11H16N2.C5H11NO2.C2H6/c1-9-6-7-11(12-8-9)13-10-4-2-3-5-10;1-5(2,3)8-4(6)7;1-2/h6-8,10H,2-5H2,1H3,(H,12,13);1-3H3,(H2,6,7);1-2H3. The summed E-state index contributed by atoms with van der Waals surface area (Å²) >= 11 is 0. The van der Waals surface area contributed by atoms with Crippen LogP contribution in [0.1, 0.15) is 65.9 Å². The number of anilines is 1. The maximum absolute atomic E-state index is 10.0. The van der Waals surface area contributed by atoms with Gasteiger partial charge in [-0.3, -0.25) is 0 Å². The second kappa shape index (κ2) is 10.9. The molecule has 1 heterocycles. The van der Waals surface area contributed by atoms with Crippen molar-refractivity contribution in [2.75, 3.05) is 5.32 Å². The molecule has 0 spiro atoms. The number of rotatable bonds is 2. The molecule has 0 atom stereocenters. The van der Waals surface area contributed by atoms with Crippen molar-refractivity contribution in [2.45, 2.75) is 78.9 Å². The minimum absolute atomic E-state index is 0.453. The molecule has 5 nitrogen and oxygen atoms in total. The van der Waals surface area contributed by atoms with E-state index in [2.05, 4.69) is 34.1 Å². The molecule has 0 aliphatic heterocycles. The summed E-state index contributed by atoms with van der Waals surface area (Å²) in [4.78, 5) is 14.3. The van der Waals surface area contributed by atoms with Crippen molar-refractivity contribution in [2.24, 2.45) is 5.73 Å². The Morgan fingerprint density at radius 3 is 2.17 bits per heavy atom. The van der Waals surface area contributed by atoms with Crippen LogP contribution in [0, 0.1) is 6.92 Å². The Morgan fingerprint density at radius 2 is 1.83 bits per heavy atom. The summed E-state index contributed by atoms with van der Waals surface area (Å²) < 4.78 is 4.58. The molecule has 132 valence electrons. The van der Waals surface area contributed by atoms with E-state index >= 15 is 0 Å². The SMILES string of the molecule is CC.CC(C)(C)OC(N)=O.Cc1ccc(NC2CCCC2)nc1. The molecule has 1 saturated carbocycles. The molecule has 5 heteroatoms. The zero-order valence-electron chi connectivity index (χ0n) is 15.5. The van der Waals surface area contributed by atoms with E-state index < -0.39 is 11.7 Å². The number of pyridine rings is 1. The van der Waals surface area contributed by atoms with Gasteiger partial charge in [0, 0.05) is 12.2 Å². The van der Waals surface area contributed by atoms with Crippen molar-refractivity contribution >= 4 is 11.9 Å². The molecule has 0 aromatic carbocycles. The molecule has 1 fully saturated rings. The minimum Gasteiger partial charge on any atom is -0.444 e. The number of amides is 1. The average molecular weight is 323 g/mol. The minimum atomic E-state index is -0.725. The van der Waals surface area contributed by atoms with Crippen LogP contribution in [0.5, 0.6) is 0 Å². The quantitative estimate of drug-likeness (QED) is 0.830. The van der Waals surface area contributed by atoms with Crippen molar-refractivity contribution in [1.29, 1.82) is 0 Å². The summed E-state index contributed by atoms with van der Waals surface area (Å²) in [5.41, 5.74) is 5.48. The van der Waals surface area contributed by atoms with E-state index in [1.165, 1.54) is 31.2 Å². The number of aromatic nitrogens is 1. The van der Waals surface area contributed by atoms with Crippen LogP contribution in [0.4, 0.5) is 10.6 Å². The Kier molecular flexibility index (Phi) is 10.0. The van der Waals surface area contributed by atoms with Crippen LogP contribution in [0.2, 0.25) is 0 Å². The first-order valence-electron chi connectivity index (χ1n) is 8.44. The lowest BCUT2D eigenvalue weighted by molar-refractivity contribution is 0.0600. The number of aryl methyl sites for hydroxylation is 1. The summed E-state index contributed by atoms with van der Waals surface area (Å²) in [7, 11) is 0. The highest BCUT2D eigenvalue weighted by Crippen LogP contribution is 2.21. The lowest BCUT2D eigenvalue weighted by Gasteiger charge is -2.16. The van der Waals surface area contributed by atoms with Crippen LogP contribution < -0.4 is 11.1 Å². The second-order valence-corrected chi connectivity index (χ2v) is 6.38. The third-order valence-corrected chi connectivity index (χ3v) is 3.03. The molecule has 3 N–H and O–H groups in total. The third-order valence-electron chi connectivity index (χ3n) is 3.03. The molecule has 1 aliphatic carbocycles. The predicted molar refractivity (Wildman–Crippen MR) is 96.6 cm³/mol. The first-order valence-corrected chi connectivity index (χ1v) is 8.44. The van der Waals surface area contributed by atoms with Crippen LogP contribution >= 0.6 is 0 Å². The fraction of sp³-hybridized carbons (Fsp3) is 0.667. The van der Waals surface area contributed by atoms with Gasteiger partial charge in [0.25, 0.3) is 0 Å². The van der Waals surface area contributed by atoms with Gasteiger partial charge in [-0.05, 0) is 52.2 Å². The molecular weight excluding hydrogens is 290 g/mol. The van der Waals surface area contributed by atoms with Crippen molar-refractivity contribution in [3.05, 3.63) is 23.9 Å². The first-order chi connectivity index (χ1) is 10.8. The molecule has 1 amide bonds. The van der Waals surface area contributed by atoms with E-state index in [9.17, 15) is 4.79 Å². The van der Waals surface area contributed by atoms with E-state index in [1.807, 2.05) is 20.0 Å². The first kappa shape index (κ1) is 21.2. The fourth-order valence-corrected chi connectivity index (χ4v) is 2.13. The summed E-state index contributed by atoms with van der Waals surface area (Å²) in [6.45, 7) is 11.3. The molecule has 1 aromatic rings. The van der Waals surface area contributed by atoms with E-state index in [0.717, 1.165) is 5.82 Å². The van der Waals surface area contributed by atoms with E-state index in [4.69, 9.17) is 5.73 Å². The van der Waals surface area contributed by atoms with Crippen molar-refractivity contribution in [3.8, 4) is 0 Å². The number of ether oxygens (including phenoxy) is 1. The lowest BCUT2D eigenvalue weighted by Crippen LogP contribution is -2.27. The van der Waals surface area contributed by atoms with Gasteiger partial charge in [-0.25, -0.2) is 9.78 Å². The number of nitrogens with zero attached hydrogens (tertiary/aromatic N) is 1. The molecule has 0 saturated heterocycles. The van der Waals surface area contributed by atoms with Gasteiger partial charge in [0.15, 0.2) is 0 Å². The molecule has 0 radical (unpaired) electrons. The molecule has 1 aliphatic rings. The Labute approximate surface area is 141 Å². The number of hydrogen-bond donors (Lipinski definition) is 2. The fourth-order valence-electron chi connectivity index (χ4n) is 2.13. The van der Waals surface area contributed by atoms with Gasteiger partial charge in [0.05, 0.1) is 0 Å². The van der Waals surface area contributed by atoms with E-state index in [-0.39, 0.29) is 0 Å². The summed E-state index contributed by atoms with van der Waals surface area (Å²) in [5, 5.41) is 3.46. The smallest absolute Gasteiger partial charge is 0.405 e. The molecule has 2 rings (SSSR count). The normalized spacial score (nSPS) is 14.0. The number of nitrogens with two attached hydrogens (primary N) is 1. The van der Waals surface area contributed by atoms with Crippen LogP contribution in [-0.4, -0.2) is 22.7 Å². The zero-order valence-corrected chi connectivity index (χ0v) is 15.5. The van der Waals surface area contributed by atoms with Crippen LogP contribution in [0.25, 0.3) is 0 Å². The number of primary amides is 1. The van der Waals surface area contributed by atoms with E-state index in [1.54, 1.807) is 20.8 Å². The largest absolute Gasteiger partial charge is 0.444 e. The number of carbonyl (C=O) groups is 1. The molecule has 0 unspecified atom stereocenters. The highest BCUT2D eigenvalue weighted by atomic mass is 16.6. The predicted octanol–water partition coefficient (Wildman–Crippen LogP) is 4.65. The Bertz CT molecular complexity index is 433. The average Bonchev–Trinajstić information content (AvgIpc) is 2.94. The monoisotopic (exact) mass is 323 g/mol. The van der Waals surface area contributed by atoms with Crippen LogP contribution in [0.3, 0.4) is 0 Å². The number of carbonyl (C=O) groups excluding carboxylic acids is 1. The molecule has 0 bridgehead atoms. The number of nitrogens with one attached hydrogen (secondary N) is 1. The van der Waals surface area contributed by atoms with Gasteiger partial charge in [0.1, 0.15) is 11.4 Å². The summed E-state index contributed by atoms with van der Waals surface area (Å²) in [5.74, 6) is 1.03. The topological polar surface area (TPSA) is 77.2 Å². The maximum atomic E-state index is 10.0. The van der Waals surface area contributed by atoms with Gasteiger partial charge in [-0.2, -0.15) is 0 Å². The highest BCUT2D eigenvalue weighted by molar-refractivity contribution is 5.65. The van der Waals surface area contributed by atoms with E-state index in [0.29, 0.717) is 6.04 Å². The third kappa shape index (κ3) is 11.4. The Morgan fingerprint density at radius 1 is 1.26 bits per heavy atom. The number of hydrogen-bond acceptors (Lipinski definition) is 4. The van der Waals surface area contributed by atoms with Crippen LogP contribution in [-0.2, 0) is 4.74 Å². The second-order valence-electron chi connectivity index (χ2n) is 6.38. The Balaban J connectivity index is 0.000000421. The van der Waals surface area contributed by atoms with Crippen LogP contribution in [0.15, 0.2) is 18.3 Å². The maximum Gasteiger partial charge on any atom is 0.405 e. The van der Waals surface area contributed by atoms with Gasteiger partial charge in [0.2, 0.25) is 0 Å². The van der Waals surface area contributed by atoms with Gasteiger partial charge >= 0.3 is 6.09 Å². The molecule has 23 heavy (non-hydrogen) atoms. The van der Waals surface area contributed by atoms with Gasteiger partial charge < -0.3 is 15.8 Å². The van der Waals surface area contributed by atoms with Gasteiger partial charge in [-0.1, -0.05) is 32.8 Å². The summed E-state index contributed by atoms with van der Waals surface area (Å²) in [6.07, 6.45) is 6.52. The van der Waals surface area contributed by atoms with Crippen molar-refractivity contribution in [3.63, 3.8) is 0 Å². The molecule has 1 aromatic heterocycles. The van der Waals surface area contributed by atoms with Gasteiger partial charge in [-0.15, -0.1) is 0 Å². The summed E-state index contributed by atoms with van der Waals surface area (Å²) in [6, 6.07) is 4.83. The molecular formula is C18H33N3O2.